The van der Waals surface area contributed by atoms with Gasteiger partial charge in [0.25, 0.3) is 0 Å². The minimum absolute atomic E-state index is 0.169. The molecule has 3 heteroatoms. The van der Waals surface area contributed by atoms with Gasteiger partial charge in [-0.1, -0.05) is 109 Å². The predicted molar refractivity (Wildman–Crippen MR) is 138 cm³/mol. The lowest BCUT2D eigenvalue weighted by atomic mass is 10.0. The SMILES string of the molecule is OC[C@H]1CCCN1c1c(-c2ccccc2)cccc1P(c1ccccc1)c1ccccc1. The van der Waals surface area contributed by atoms with E-state index in [9.17, 15) is 5.11 Å². The van der Waals surface area contributed by atoms with Crippen molar-refractivity contribution >= 4 is 29.5 Å². The lowest BCUT2D eigenvalue weighted by Gasteiger charge is -2.33. The van der Waals surface area contributed by atoms with Crippen LogP contribution in [0.2, 0.25) is 0 Å². The number of hydrogen-bond donors (Lipinski definition) is 1. The number of aliphatic hydroxyl groups is 1. The van der Waals surface area contributed by atoms with E-state index in [-0.39, 0.29) is 12.6 Å². The van der Waals surface area contributed by atoms with Crippen LogP contribution in [0.25, 0.3) is 11.1 Å². The smallest absolute Gasteiger partial charge is 0.0635 e. The molecule has 1 heterocycles. The van der Waals surface area contributed by atoms with Crippen LogP contribution in [0.1, 0.15) is 12.8 Å². The van der Waals surface area contributed by atoms with Crippen LogP contribution >= 0.6 is 7.92 Å². The molecule has 1 aliphatic heterocycles. The second-order valence-electron chi connectivity index (χ2n) is 8.22. The van der Waals surface area contributed by atoms with Crippen LogP contribution in [0, 0.1) is 0 Å². The standard InChI is InChI=1S/C29H28NOP/c31-22-24-14-11-21-30(24)29-27(23-12-4-1-5-13-23)19-10-20-28(29)32(25-15-6-2-7-16-25)26-17-8-3-9-18-26/h1-10,12-13,15-20,24,31H,11,14,21-22H2/t24-/m1/s1. The number of rotatable bonds is 6. The van der Waals surface area contributed by atoms with Crippen LogP contribution in [-0.2, 0) is 0 Å². The Morgan fingerprint density at radius 3 is 1.91 bits per heavy atom. The zero-order valence-corrected chi connectivity index (χ0v) is 19.0. The van der Waals surface area contributed by atoms with Gasteiger partial charge in [-0.25, -0.2) is 0 Å². The number of para-hydroxylation sites is 1. The van der Waals surface area contributed by atoms with Gasteiger partial charge in [0.15, 0.2) is 0 Å². The summed E-state index contributed by atoms with van der Waals surface area (Å²) in [6, 6.07) is 39.3. The lowest BCUT2D eigenvalue weighted by Crippen LogP contribution is -2.37. The van der Waals surface area contributed by atoms with Gasteiger partial charge in [-0.05, 0) is 36.9 Å². The maximum absolute atomic E-state index is 10.2. The molecular weight excluding hydrogens is 409 g/mol. The van der Waals surface area contributed by atoms with Crippen LogP contribution in [-0.4, -0.2) is 24.3 Å². The van der Waals surface area contributed by atoms with E-state index in [4.69, 9.17) is 0 Å². The molecule has 0 saturated carbocycles. The first-order valence-corrected chi connectivity index (χ1v) is 12.7. The first-order chi connectivity index (χ1) is 15.9. The number of aliphatic hydroxyl groups excluding tert-OH is 1. The fourth-order valence-corrected chi connectivity index (χ4v) is 7.26. The van der Waals surface area contributed by atoms with E-state index >= 15 is 0 Å². The molecule has 1 fully saturated rings. The molecule has 0 amide bonds. The molecule has 0 spiro atoms. The Bertz CT molecular complexity index is 1110. The monoisotopic (exact) mass is 437 g/mol. The van der Waals surface area contributed by atoms with E-state index in [1.54, 1.807) is 0 Å². The van der Waals surface area contributed by atoms with Crippen molar-refractivity contribution in [3.63, 3.8) is 0 Å². The molecule has 5 rings (SSSR count). The summed E-state index contributed by atoms with van der Waals surface area (Å²) >= 11 is 0. The number of anilines is 1. The first kappa shape index (κ1) is 20.9. The first-order valence-electron chi connectivity index (χ1n) is 11.3. The lowest BCUT2D eigenvalue weighted by molar-refractivity contribution is 0.266. The van der Waals surface area contributed by atoms with Gasteiger partial charge in [0.1, 0.15) is 0 Å². The molecule has 1 saturated heterocycles. The Hall–Kier alpha value is -2.93. The highest BCUT2D eigenvalue weighted by atomic mass is 31.1. The van der Waals surface area contributed by atoms with Crippen molar-refractivity contribution in [1.29, 1.82) is 0 Å². The molecule has 0 bridgehead atoms. The van der Waals surface area contributed by atoms with Crippen molar-refractivity contribution in [2.75, 3.05) is 18.1 Å². The summed E-state index contributed by atoms with van der Waals surface area (Å²) in [6.45, 7) is 1.17. The molecule has 32 heavy (non-hydrogen) atoms. The van der Waals surface area contributed by atoms with Crippen LogP contribution in [0.15, 0.2) is 109 Å². The topological polar surface area (TPSA) is 23.5 Å². The highest BCUT2D eigenvalue weighted by Crippen LogP contribution is 2.42. The van der Waals surface area contributed by atoms with Gasteiger partial charge in [-0.3, -0.25) is 0 Å². The van der Waals surface area contributed by atoms with Gasteiger partial charge in [0, 0.05) is 17.4 Å². The zero-order chi connectivity index (χ0) is 21.8. The molecule has 0 radical (unpaired) electrons. The van der Waals surface area contributed by atoms with E-state index in [1.807, 2.05) is 0 Å². The highest BCUT2D eigenvalue weighted by molar-refractivity contribution is 7.80. The molecule has 2 nitrogen and oxygen atoms in total. The van der Waals surface area contributed by atoms with Crippen molar-refractivity contribution in [2.45, 2.75) is 18.9 Å². The number of benzene rings is 4. The molecule has 1 aliphatic rings. The molecule has 0 aromatic heterocycles. The summed E-state index contributed by atoms with van der Waals surface area (Å²) in [4.78, 5) is 2.47. The van der Waals surface area contributed by atoms with Crippen LogP contribution < -0.4 is 20.8 Å². The van der Waals surface area contributed by atoms with Gasteiger partial charge in [0.05, 0.1) is 18.3 Å². The van der Waals surface area contributed by atoms with Crippen molar-refractivity contribution in [3.8, 4) is 11.1 Å². The average Bonchev–Trinajstić information content (AvgIpc) is 3.34. The van der Waals surface area contributed by atoms with Gasteiger partial charge < -0.3 is 10.0 Å². The van der Waals surface area contributed by atoms with Gasteiger partial charge in [0.2, 0.25) is 0 Å². The molecular formula is C29H28NOP. The Kier molecular flexibility index (Phi) is 6.34. The van der Waals surface area contributed by atoms with Crippen LogP contribution in [0.3, 0.4) is 0 Å². The maximum Gasteiger partial charge on any atom is 0.0635 e. The number of hydrogen-bond acceptors (Lipinski definition) is 2. The summed E-state index contributed by atoms with van der Waals surface area (Å²) < 4.78 is 0. The molecule has 4 aromatic rings. The van der Waals surface area contributed by atoms with E-state index in [2.05, 4.69) is 114 Å². The van der Waals surface area contributed by atoms with Crippen LogP contribution in [0.4, 0.5) is 5.69 Å². The van der Waals surface area contributed by atoms with Gasteiger partial charge in [-0.15, -0.1) is 0 Å². The summed E-state index contributed by atoms with van der Waals surface area (Å²) in [7, 11) is -0.737. The van der Waals surface area contributed by atoms with Gasteiger partial charge in [-0.2, -0.15) is 0 Å². The van der Waals surface area contributed by atoms with E-state index < -0.39 is 7.92 Å². The normalized spacial score (nSPS) is 15.9. The van der Waals surface area contributed by atoms with Crippen molar-refractivity contribution in [3.05, 3.63) is 109 Å². The molecule has 1 atom stereocenters. The summed E-state index contributed by atoms with van der Waals surface area (Å²) in [5, 5.41) is 14.2. The second kappa shape index (κ2) is 9.69. The largest absolute Gasteiger partial charge is 0.394 e. The minimum Gasteiger partial charge on any atom is -0.394 e. The third-order valence-corrected chi connectivity index (χ3v) is 8.72. The highest BCUT2D eigenvalue weighted by Gasteiger charge is 2.31. The van der Waals surface area contributed by atoms with Crippen molar-refractivity contribution in [2.24, 2.45) is 0 Å². The summed E-state index contributed by atoms with van der Waals surface area (Å²) in [5.74, 6) is 0. The Morgan fingerprint density at radius 1 is 0.719 bits per heavy atom. The van der Waals surface area contributed by atoms with E-state index in [0.717, 1.165) is 19.4 Å². The van der Waals surface area contributed by atoms with Crippen molar-refractivity contribution < 1.29 is 5.11 Å². The van der Waals surface area contributed by atoms with Crippen LogP contribution in [0.5, 0.6) is 0 Å². The maximum atomic E-state index is 10.2. The zero-order valence-electron chi connectivity index (χ0n) is 18.1. The Balaban J connectivity index is 1.77. The fraction of sp³-hybridized carbons (Fsp3) is 0.172. The van der Waals surface area contributed by atoms with Gasteiger partial charge >= 0.3 is 0 Å². The molecule has 0 aliphatic carbocycles. The average molecular weight is 438 g/mol. The third-order valence-electron chi connectivity index (χ3n) is 6.24. The third kappa shape index (κ3) is 4.09. The quantitative estimate of drug-likeness (QED) is 0.426. The van der Waals surface area contributed by atoms with E-state index in [0.29, 0.717) is 0 Å². The Labute approximate surface area is 191 Å². The molecule has 160 valence electrons. The number of nitrogens with zero attached hydrogens (tertiary/aromatic N) is 1. The summed E-state index contributed by atoms with van der Waals surface area (Å²) in [5.41, 5.74) is 3.76. The van der Waals surface area contributed by atoms with E-state index in [1.165, 1.54) is 32.7 Å². The predicted octanol–water partition coefficient (Wildman–Crippen LogP) is 5.07. The Morgan fingerprint density at radius 2 is 1.31 bits per heavy atom. The molecule has 4 aromatic carbocycles. The molecule has 0 unspecified atom stereocenters. The fourth-order valence-electron chi connectivity index (χ4n) is 4.77. The minimum atomic E-state index is -0.737. The second-order valence-corrected chi connectivity index (χ2v) is 10.4. The molecule has 1 N–H and O–H groups in total. The summed E-state index contributed by atoms with van der Waals surface area (Å²) in [6.07, 6.45) is 2.15. The van der Waals surface area contributed by atoms with Crippen molar-refractivity contribution in [1.82, 2.24) is 0 Å².